The van der Waals surface area contributed by atoms with Crippen molar-refractivity contribution in [3.63, 3.8) is 0 Å². The van der Waals surface area contributed by atoms with Gasteiger partial charge in [-0.3, -0.25) is 9.52 Å². The van der Waals surface area contributed by atoms with Gasteiger partial charge in [0.25, 0.3) is 0 Å². The number of nitrogens with one attached hydrogen (secondary N) is 2. The van der Waals surface area contributed by atoms with E-state index in [1.54, 1.807) is 24.3 Å². The van der Waals surface area contributed by atoms with Crippen molar-refractivity contribution >= 4 is 27.4 Å². The van der Waals surface area contributed by atoms with E-state index in [0.717, 1.165) is 11.8 Å². The van der Waals surface area contributed by atoms with Crippen molar-refractivity contribution in [2.24, 2.45) is 0 Å². The Hall–Kier alpha value is -4.18. The molecule has 1 saturated heterocycles. The van der Waals surface area contributed by atoms with E-state index in [1.807, 2.05) is 6.07 Å². The highest BCUT2D eigenvalue weighted by Crippen LogP contribution is 2.33. The summed E-state index contributed by atoms with van der Waals surface area (Å²) in [6, 6.07) is 15.5. The lowest BCUT2D eigenvalue weighted by Crippen LogP contribution is -2.44. The summed E-state index contributed by atoms with van der Waals surface area (Å²) in [5, 5.41) is 11.8. The van der Waals surface area contributed by atoms with E-state index in [-0.39, 0.29) is 28.7 Å². The number of hydrogen-bond donors (Lipinski definition) is 2. The quantitative estimate of drug-likeness (QED) is 0.431. The van der Waals surface area contributed by atoms with E-state index in [1.165, 1.54) is 35.2 Å². The maximum Gasteiger partial charge on any atom is 0.451 e. The highest BCUT2D eigenvalue weighted by atomic mass is 32.2. The fraction of sp³-hybridized carbons (Fsp3) is 0.308. The fourth-order valence-electron chi connectivity index (χ4n) is 4.32. The molecular formula is C26H25F3N6O3S. The number of nitriles is 1. The number of aromatic nitrogens is 2. The SMILES string of the molecule is CS(=O)(=O)Nc1cccc(-c2cc(N3CCCC3C(=O)NCCc3ccc(C#N)cc3)nc(C(F)(F)F)n2)c1. The molecule has 1 aromatic heterocycles. The van der Waals surface area contributed by atoms with Crippen LogP contribution in [0.15, 0.2) is 54.6 Å². The number of halogens is 3. The van der Waals surface area contributed by atoms with Gasteiger partial charge in [-0.05, 0) is 49.1 Å². The van der Waals surface area contributed by atoms with Crippen LogP contribution in [0.3, 0.4) is 0 Å². The number of sulfonamides is 1. The normalized spacial score (nSPS) is 15.6. The van der Waals surface area contributed by atoms with Crippen molar-refractivity contribution in [1.82, 2.24) is 15.3 Å². The first kappa shape index (κ1) is 27.8. The van der Waals surface area contributed by atoms with Crippen LogP contribution in [0.25, 0.3) is 11.3 Å². The third kappa shape index (κ3) is 7.23. The number of benzene rings is 2. The van der Waals surface area contributed by atoms with Crippen LogP contribution in [0, 0.1) is 11.3 Å². The molecule has 0 aliphatic carbocycles. The minimum Gasteiger partial charge on any atom is -0.354 e. The van der Waals surface area contributed by atoms with E-state index in [2.05, 4.69) is 20.0 Å². The van der Waals surface area contributed by atoms with Gasteiger partial charge in [-0.1, -0.05) is 24.3 Å². The van der Waals surface area contributed by atoms with Gasteiger partial charge >= 0.3 is 6.18 Å². The Morgan fingerprint density at radius 3 is 2.56 bits per heavy atom. The molecule has 2 heterocycles. The second-order valence-corrected chi connectivity index (χ2v) is 10.8. The minimum atomic E-state index is -4.84. The smallest absolute Gasteiger partial charge is 0.354 e. The monoisotopic (exact) mass is 558 g/mol. The zero-order valence-electron chi connectivity index (χ0n) is 20.9. The van der Waals surface area contributed by atoms with E-state index >= 15 is 0 Å². The average molecular weight is 559 g/mol. The van der Waals surface area contributed by atoms with Crippen LogP contribution >= 0.6 is 0 Å². The molecule has 4 rings (SSSR count). The van der Waals surface area contributed by atoms with Crippen LogP contribution in [-0.2, 0) is 27.4 Å². The highest BCUT2D eigenvalue weighted by Gasteiger charge is 2.38. The Kier molecular flexibility index (Phi) is 8.06. The van der Waals surface area contributed by atoms with Crippen LogP contribution in [0.4, 0.5) is 24.7 Å². The summed E-state index contributed by atoms with van der Waals surface area (Å²) >= 11 is 0. The van der Waals surface area contributed by atoms with Gasteiger partial charge in [0.05, 0.1) is 23.6 Å². The van der Waals surface area contributed by atoms with Gasteiger partial charge < -0.3 is 10.2 Å². The molecule has 204 valence electrons. The molecule has 2 N–H and O–H groups in total. The van der Waals surface area contributed by atoms with E-state index in [0.29, 0.717) is 37.9 Å². The molecule has 9 nitrogen and oxygen atoms in total. The van der Waals surface area contributed by atoms with E-state index in [9.17, 15) is 26.4 Å². The van der Waals surface area contributed by atoms with E-state index in [4.69, 9.17) is 5.26 Å². The van der Waals surface area contributed by atoms with Crippen LogP contribution in [0.2, 0.25) is 0 Å². The molecule has 1 atom stereocenters. The molecule has 1 amide bonds. The third-order valence-corrected chi connectivity index (χ3v) is 6.68. The van der Waals surface area contributed by atoms with Crippen molar-refractivity contribution < 1.29 is 26.4 Å². The van der Waals surface area contributed by atoms with Crippen molar-refractivity contribution in [2.45, 2.75) is 31.5 Å². The lowest BCUT2D eigenvalue weighted by Gasteiger charge is -2.26. The van der Waals surface area contributed by atoms with Gasteiger partial charge in [-0.2, -0.15) is 18.4 Å². The molecule has 1 aliphatic heterocycles. The van der Waals surface area contributed by atoms with Crippen molar-refractivity contribution in [2.75, 3.05) is 29.0 Å². The number of carbonyl (C=O) groups excluding carboxylic acids is 1. The topological polar surface area (TPSA) is 128 Å². The first-order valence-corrected chi connectivity index (χ1v) is 13.9. The Morgan fingerprint density at radius 1 is 1.15 bits per heavy atom. The molecule has 0 saturated carbocycles. The predicted octanol–water partition coefficient (Wildman–Crippen LogP) is 3.73. The maximum absolute atomic E-state index is 13.8. The number of carbonyl (C=O) groups is 1. The summed E-state index contributed by atoms with van der Waals surface area (Å²) in [5.74, 6) is -1.73. The summed E-state index contributed by atoms with van der Waals surface area (Å²) in [6.45, 7) is 0.648. The van der Waals surface area contributed by atoms with Crippen LogP contribution in [-0.4, -0.2) is 49.7 Å². The average Bonchev–Trinajstić information content (AvgIpc) is 3.38. The van der Waals surface area contributed by atoms with Crippen molar-refractivity contribution in [1.29, 1.82) is 5.26 Å². The molecule has 0 radical (unpaired) electrons. The third-order valence-electron chi connectivity index (χ3n) is 6.07. The van der Waals surface area contributed by atoms with Gasteiger partial charge in [-0.15, -0.1) is 0 Å². The summed E-state index contributed by atoms with van der Waals surface area (Å²) in [7, 11) is -3.60. The fourth-order valence-corrected chi connectivity index (χ4v) is 4.87. The van der Waals surface area contributed by atoms with Gasteiger partial charge in [0.2, 0.25) is 21.8 Å². The van der Waals surface area contributed by atoms with Gasteiger partial charge in [0, 0.05) is 30.4 Å². The molecule has 1 aliphatic rings. The number of alkyl halides is 3. The maximum atomic E-state index is 13.8. The summed E-state index contributed by atoms with van der Waals surface area (Å²) in [6.07, 6.45) is -2.32. The Bertz CT molecular complexity index is 1500. The molecule has 0 bridgehead atoms. The number of anilines is 2. The Labute approximate surface area is 223 Å². The zero-order valence-corrected chi connectivity index (χ0v) is 21.7. The predicted molar refractivity (Wildman–Crippen MR) is 139 cm³/mol. The molecule has 3 aromatic rings. The molecule has 13 heteroatoms. The number of amides is 1. The van der Waals surface area contributed by atoms with Gasteiger partial charge in [0.1, 0.15) is 11.9 Å². The lowest BCUT2D eigenvalue weighted by atomic mass is 10.1. The van der Waals surface area contributed by atoms with Crippen molar-refractivity contribution in [3.8, 4) is 17.3 Å². The zero-order chi connectivity index (χ0) is 28.2. The summed E-state index contributed by atoms with van der Waals surface area (Å²) < 4.78 is 66.8. The Balaban J connectivity index is 1.56. The van der Waals surface area contributed by atoms with Crippen LogP contribution < -0.4 is 14.9 Å². The second kappa shape index (κ2) is 11.3. The molecule has 1 unspecified atom stereocenters. The summed E-state index contributed by atoms with van der Waals surface area (Å²) in [5.41, 5.74) is 1.83. The number of nitrogens with zero attached hydrogens (tertiary/aromatic N) is 4. The van der Waals surface area contributed by atoms with Crippen LogP contribution in [0.1, 0.15) is 29.8 Å². The number of rotatable bonds is 8. The molecule has 2 aromatic carbocycles. The number of hydrogen-bond acceptors (Lipinski definition) is 7. The largest absolute Gasteiger partial charge is 0.451 e. The van der Waals surface area contributed by atoms with Gasteiger partial charge in [0.15, 0.2) is 0 Å². The molecular weight excluding hydrogens is 533 g/mol. The molecule has 1 fully saturated rings. The standard InChI is InChI=1S/C26H25F3N6O3S/c1-39(37,38)34-20-5-2-4-19(14-20)21-15-23(33-25(32-21)26(27,28)29)35-13-3-6-22(35)24(36)31-12-11-17-7-9-18(16-30)10-8-17/h2,4-5,7-10,14-15,22,34H,3,6,11-13H2,1H3,(H,31,36). The van der Waals surface area contributed by atoms with Crippen molar-refractivity contribution in [3.05, 3.63) is 71.5 Å². The summed E-state index contributed by atoms with van der Waals surface area (Å²) in [4.78, 5) is 22.0. The minimum absolute atomic E-state index is 0.0430. The second-order valence-electron chi connectivity index (χ2n) is 9.09. The first-order valence-electron chi connectivity index (χ1n) is 12.0. The molecule has 0 spiro atoms. The Morgan fingerprint density at radius 2 is 1.90 bits per heavy atom. The van der Waals surface area contributed by atoms with E-state index < -0.39 is 28.1 Å². The highest BCUT2D eigenvalue weighted by molar-refractivity contribution is 7.92. The van der Waals surface area contributed by atoms with Crippen LogP contribution in [0.5, 0.6) is 0 Å². The first-order chi connectivity index (χ1) is 18.4. The van der Waals surface area contributed by atoms with Gasteiger partial charge in [-0.25, -0.2) is 18.4 Å². The molecule has 39 heavy (non-hydrogen) atoms. The lowest BCUT2D eigenvalue weighted by molar-refractivity contribution is -0.144.